The number of hydrogen-bond acceptors (Lipinski definition) is 10. The molecule has 0 fully saturated rings. The molecule has 1 aliphatic heterocycles. The normalized spacial score (nSPS) is 35.8. The summed E-state index contributed by atoms with van der Waals surface area (Å²) in [5.74, 6) is -8.25. The van der Waals surface area contributed by atoms with E-state index in [9.17, 15) is 39.9 Å². The van der Waals surface area contributed by atoms with Crippen LogP contribution in [0.3, 0.4) is 0 Å². The molecule has 176 valence electrons. The van der Waals surface area contributed by atoms with Crippen LogP contribution in [0.4, 0.5) is 0 Å². The molecular weight excluding hydrogens is 436 g/mol. The summed E-state index contributed by atoms with van der Waals surface area (Å²) < 4.78 is 5.54. The predicted molar refractivity (Wildman–Crippen MR) is 111 cm³/mol. The highest BCUT2D eigenvalue weighted by molar-refractivity contribution is 6.22. The van der Waals surface area contributed by atoms with Gasteiger partial charge in [-0.2, -0.15) is 0 Å². The van der Waals surface area contributed by atoms with Crippen LogP contribution in [0.2, 0.25) is 0 Å². The van der Waals surface area contributed by atoms with E-state index in [4.69, 9.17) is 10.5 Å². The van der Waals surface area contributed by atoms with Crippen molar-refractivity contribution >= 4 is 17.7 Å². The molecule has 1 unspecified atom stereocenters. The minimum atomic E-state index is -2.70. The van der Waals surface area contributed by atoms with Gasteiger partial charge in [-0.1, -0.05) is 12.1 Å². The van der Waals surface area contributed by atoms with Crippen LogP contribution in [0.25, 0.3) is 0 Å². The second-order valence-corrected chi connectivity index (χ2v) is 8.92. The van der Waals surface area contributed by atoms with Crippen LogP contribution >= 0.6 is 0 Å². The summed E-state index contributed by atoms with van der Waals surface area (Å²) in [5.41, 5.74) is 0.175. The fourth-order valence-electron chi connectivity index (χ4n) is 5.34. The molecule has 1 aromatic rings. The van der Waals surface area contributed by atoms with E-state index in [0.29, 0.717) is 0 Å². The molecule has 0 aromatic heterocycles. The van der Waals surface area contributed by atoms with Crippen LogP contribution in [-0.2, 0) is 19.9 Å². The van der Waals surface area contributed by atoms with Crippen molar-refractivity contribution in [2.24, 2.45) is 17.6 Å². The van der Waals surface area contributed by atoms with Crippen molar-refractivity contribution in [1.82, 2.24) is 4.90 Å². The number of aromatic hydroxyl groups is 1. The van der Waals surface area contributed by atoms with E-state index >= 15 is 0 Å². The largest absolute Gasteiger partial charge is 0.509 e. The monoisotopic (exact) mass is 460 g/mol. The fraction of sp³-hybridized carbons (Fsp3) is 0.409. The lowest BCUT2D eigenvalue weighted by Gasteiger charge is -2.52. The Hall–Kier alpha value is -3.41. The van der Waals surface area contributed by atoms with Crippen LogP contribution in [0.1, 0.15) is 22.8 Å². The van der Waals surface area contributed by atoms with E-state index in [2.05, 4.69) is 0 Å². The Labute approximate surface area is 188 Å². The Bertz CT molecular complexity index is 1160. The summed E-state index contributed by atoms with van der Waals surface area (Å²) in [5, 5.41) is 54.5. The molecule has 33 heavy (non-hydrogen) atoms. The van der Waals surface area contributed by atoms with Crippen LogP contribution < -0.4 is 5.73 Å². The molecule has 0 spiro atoms. The standard InChI is InChI=1S/C22H24N2O9/c1-21(8-5-4-6-10(25)12(8)20(31)33-21)9-7-11(26)22(32)14(16(9)27)15(24(2)3)17(28)13(18(22)29)19(23)30/h4-7,9,14-16,25-27,29,32H,1-3H3,(H2,23,30)/t9-,14-,15+,16+,21?,22-/m1/s1. The van der Waals surface area contributed by atoms with Gasteiger partial charge in [-0.05, 0) is 33.2 Å². The summed E-state index contributed by atoms with van der Waals surface area (Å²) >= 11 is 0. The van der Waals surface area contributed by atoms with Crippen LogP contribution in [-0.4, -0.2) is 79.9 Å². The van der Waals surface area contributed by atoms with Gasteiger partial charge in [-0.15, -0.1) is 0 Å². The topological polar surface area (TPSA) is 191 Å². The van der Waals surface area contributed by atoms with Crippen LogP contribution in [0.5, 0.6) is 5.75 Å². The van der Waals surface area contributed by atoms with E-state index in [1.807, 2.05) is 0 Å². The van der Waals surface area contributed by atoms with Crippen LogP contribution in [0.15, 0.2) is 41.4 Å². The van der Waals surface area contributed by atoms with Gasteiger partial charge >= 0.3 is 5.97 Å². The highest BCUT2D eigenvalue weighted by Gasteiger charge is 2.66. The lowest BCUT2D eigenvalue weighted by Crippen LogP contribution is -2.67. The van der Waals surface area contributed by atoms with Gasteiger partial charge in [0.1, 0.15) is 34.0 Å². The van der Waals surface area contributed by atoms with Crippen molar-refractivity contribution in [3.8, 4) is 5.75 Å². The van der Waals surface area contributed by atoms with Gasteiger partial charge < -0.3 is 36.0 Å². The van der Waals surface area contributed by atoms with Crippen molar-refractivity contribution in [3.63, 3.8) is 0 Å². The number of nitrogens with zero attached hydrogens (tertiary/aromatic N) is 1. The number of amides is 1. The lowest BCUT2D eigenvalue weighted by atomic mass is 9.59. The highest BCUT2D eigenvalue weighted by Crippen LogP contribution is 2.54. The molecule has 1 heterocycles. The predicted octanol–water partition coefficient (Wildman–Crippen LogP) is -0.632. The zero-order valence-corrected chi connectivity index (χ0v) is 18.0. The Morgan fingerprint density at radius 1 is 1.18 bits per heavy atom. The second-order valence-electron chi connectivity index (χ2n) is 8.92. The second kappa shape index (κ2) is 7.04. The highest BCUT2D eigenvalue weighted by atomic mass is 16.6. The first-order valence-corrected chi connectivity index (χ1v) is 10.1. The quantitative estimate of drug-likeness (QED) is 0.250. The van der Waals surface area contributed by atoms with Crippen molar-refractivity contribution < 1.29 is 44.7 Å². The average Bonchev–Trinajstić information content (AvgIpc) is 2.98. The first kappa shape index (κ1) is 22.8. The number of esters is 1. The average molecular weight is 460 g/mol. The van der Waals surface area contributed by atoms with E-state index in [1.54, 1.807) is 0 Å². The number of likely N-dealkylation sites (N-methyl/N-ethyl adjacent to an activating group) is 1. The summed E-state index contributed by atoms with van der Waals surface area (Å²) in [4.78, 5) is 38.8. The van der Waals surface area contributed by atoms with Gasteiger partial charge in [0.2, 0.25) is 0 Å². The van der Waals surface area contributed by atoms with Gasteiger partial charge in [0.15, 0.2) is 11.4 Å². The zero-order valence-electron chi connectivity index (χ0n) is 18.0. The van der Waals surface area contributed by atoms with Crippen molar-refractivity contribution in [3.05, 3.63) is 52.5 Å². The van der Waals surface area contributed by atoms with E-state index < -0.39 is 69.9 Å². The Morgan fingerprint density at radius 2 is 1.82 bits per heavy atom. The van der Waals surface area contributed by atoms with Gasteiger partial charge in [-0.25, -0.2) is 4.79 Å². The minimum absolute atomic E-state index is 0.108. The van der Waals surface area contributed by atoms with E-state index in [0.717, 1.165) is 6.08 Å². The number of ketones is 1. The Kier molecular flexibility index (Phi) is 4.86. The number of ether oxygens (including phenoxy) is 1. The number of carbonyl (C=O) groups excluding carboxylic acids is 3. The van der Waals surface area contributed by atoms with Gasteiger partial charge in [0.25, 0.3) is 5.91 Å². The third kappa shape index (κ3) is 2.76. The summed E-state index contributed by atoms with van der Waals surface area (Å²) in [6, 6.07) is 2.90. The molecule has 7 N–H and O–H groups in total. The third-order valence-electron chi connectivity index (χ3n) is 6.92. The number of primary amides is 1. The molecule has 11 heteroatoms. The molecule has 0 bridgehead atoms. The number of carbonyl (C=O) groups is 3. The molecule has 2 aliphatic carbocycles. The number of fused-ring (bicyclic) bond motifs is 2. The Morgan fingerprint density at radius 3 is 2.39 bits per heavy atom. The molecule has 0 saturated carbocycles. The molecule has 11 nitrogen and oxygen atoms in total. The van der Waals surface area contributed by atoms with Gasteiger partial charge in [0, 0.05) is 5.56 Å². The first-order chi connectivity index (χ1) is 15.3. The third-order valence-corrected chi connectivity index (χ3v) is 6.92. The number of hydrogen-bond donors (Lipinski definition) is 6. The smallest absolute Gasteiger partial charge is 0.343 e. The number of phenols is 1. The van der Waals surface area contributed by atoms with E-state index in [1.165, 1.54) is 44.1 Å². The summed E-state index contributed by atoms with van der Waals surface area (Å²) in [6.07, 6.45) is -0.671. The molecule has 3 aliphatic rings. The number of aliphatic hydroxyl groups is 4. The molecular formula is C22H24N2O9. The molecule has 6 atom stereocenters. The van der Waals surface area contributed by atoms with Crippen molar-refractivity contribution in [2.45, 2.75) is 30.3 Å². The maximum absolute atomic E-state index is 13.1. The van der Waals surface area contributed by atoms with E-state index in [-0.39, 0.29) is 16.9 Å². The SMILES string of the molecule is CN(C)[C@@H]1C(=O)C(C(N)=O)=C(O)[C@@]2(O)C(O)=C[C@@H](C3(C)OC(=O)c4c(O)cccc43)[C@H](O)[C@@H]12. The lowest BCUT2D eigenvalue weighted by molar-refractivity contribution is -0.163. The molecule has 0 saturated heterocycles. The molecule has 4 rings (SSSR count). The first-order valence-electron chi connectivity index (χ1n) is 10.1. The summed E-state index contributed by atoms with van der Waals surface area (Å²) in [6.45, 7) is 1.46. The number of aliphatic hydroxyl groups excluding tert-OH is 3. The zero-order chi connectivity index (χ0) is 24.6. The Balaban J connectivity index is 1.96. The maximum atomic E-state index is 13.1. The number of benzene rings is 1. The van der Waals surface area contributed by atoms with Crippen molar-refractivity contribution in [1.29, 1.82) is 0 Å². The number of rotatable bonds is 3. The minimum Gasteiger partial charge on any atom is -0.509 e. The number of nitrogens with two attached hydrogens (primary N) is 1. The van der Waals surface area contributed by atoms with Gasteiger partial charge in [0.05, 0.1) is 24.0 Å². The summed E-state index contributed by atoms with van der Waals surface area (Å²) in [7, 11) is 2.90. The number of Topliss-reactive ketones (excluding diaryl/α,β-unsaturated/α-hetero) is 1. The fourth-order valence-corrected chi connectivity index (χ4v) is 5.34. The maximum Gasteiger partial charge on any atom is 0.343 e. The van der Waals surface area contributed by atoms with Crippen LogP contribution in [0, 0.1) is 11.8 Å². The van der Waals surface area contributed by atoms with Crippen molar-refractivity contribution in [2.75, 3.05) is 14.1 Å². The molecule has 0 radical (unpaired) electrons. The number of cyclic esters (lactones) is 1. The number of phenolic OH excluding ortho intramolecular Hbond substituents is 1. The molecule has 1 aromatic carbocycles. The molecule has 1 amide bonds. The van der Waals surface area contributed by atoms with Gasteiger partial charge in [-0.3, -0.25) is 14.5 Å².